The molecule has 2 heterocycles. The summed E-state index contributed by atoms with van der Waals surface area (Å²) >= 11 is 0. The van der Waals surface area contributed by atoms with E-state index in [4.69, 9.17) is 4.74 Å². The molecule has 1 aliphatic heterocycles. The van der Waals surface area contributed by atoms with Crippen LogP contribution >= 0.6 is 0 Å². The fourth-order valence-electron chi connectivity index (χ4n) is 2.57. The normalized spacial score (nSPS) is 19.4. The maximum Gasteiger partial charge on any atom is 0.236 e. The number of piperidine rings is 1. The molecule has 0 spiro atoms. The van der Waals surface area contributed by atoms with E-state index < -0.39 is 10.0 Å². The summed E-state index contributed by atoms with van der Waals surface area (Å²) in [7, 11) is -3.47. The molecule has 24 heavy (non-hydrogen) atoms. The zero-order valence-corrected chi connectivity index (χ0v) is 14.0. The molecule has 1 saturated heterocycles. The molecule has 0 saturated carbocycles. The van der Waals surface area contributed by atoms with Gasteiger partial charge in [0.05, 0.1) is 6.54 Å². The number of nitrogens with zero attached hydrogens (tertiary/aromatic N) is 3. The van der Waals surface area contributed by atoms with Crippen molar-refractivity contribution in [3.63, 3.8) is 0 Å². The van der Waals surface area contributed by atoms with Gasteiger partial charge >= 0.3 is 0 Å². The van der Waals surface area contributed by atoms with Crippen molar-refractivity contribution in [1.82, 2.24) is 14.5 Å². The summed E-state index contributed by atoms with van der Waals surface area (Å²) in [6, 6.07) is 12.8. The van der Waals surface area contributed by atoms with E-state index in [0.29, 0.717) is 19.0 Å². The van der Waals surface area contributed by atoms with Gasteiger partial charge in [0, 0.05) is 24.2 Å². The van der Waals surface area contributed by atoms with Crippen LogP contribution in [0.15, 0.2) is 54.1 Å². The highest BCUT2D eigenvalue weighted by Gasteiger charge is 2.28. The van der Waals surface area contributed by atoms with Gasteiger partial charge in [0.1, 0.15) is 6.10 Å². The molecule has 0 radical (unpaired) electrons. The van der Waals surface area contributed by atoms with Crippen LogP contribution in [0.25, 0.3) is 6.08 Å². The Morgan fingerprint density at radius 3 is 2.75 bits per heavy atom. The lowest BCUT2D eigenvalue weighted by Gasteiger charge is -2.30. The summed E-state index contributed by atoms with van der Waals surface area (Å²) in [6.07, 6.45) is 4.52. The minimum Gasteiger partial charge on any atom is -0.472 e. The zero-order valence-electron chi connectivity index (χ0n) is 13.2. The third-order valence-electron chi connectivity index (χ3n) is 3.77. The third kappa shape index (κ3) is 4.39. The first-order valence-corrected chi connectivity index (χ1v) is 9.31. The minimum absolute atomic E-state index is 0.213. The first kappa shape index (κ1) is 16.6. The van der Waals surface area contributed by atoms with Gasteiger partial charge in [-0.05, 0) is 30.5 Å². The van der Waals surface area contributed by atoms with E-state index in [0.717, 1.165) is 18.4 Å². The summed E-state index contributed by atoms with van der Waals surface area (Å²) in [4.78, 5) is 0. The number of hydrogen-bond acceptors (Lipinski definition) is 5. The van der Waals surface area contributed by atoms with Gasteiger partial charge in [-0.1, -0.05) is 30.3 Å². The molecule has 0 N–H and O–H groups in total. The molecule has 1 unspecified atom stereocenters. The molecule has 0 bridgehead atoms. The van der Waals surface area contributed by atoms with Crippen LogP contribution in [0.3, 0.4) is 0 Å². The Kier molecular flexibility index (Phi) is 5.22. The molecule has 1 fully saturated rings. The van der Waals surface area contributed by atoms with E-state index in [1.165, 1.54) is 9.71 Å². The van der Waals surface area contributed by atoms with Gasteiger partial charge in [-0.3, -0.25) is 0 Å². The Hall–Kier alpha value is -2.25. The summed E-state index contributed by atoms with van der Waals surface area (Å²) < 4.78 is 32.2. The maximum absolute atomic E-state index is 12.5. The van der Waals surface area contributed by atoms with Gasteiger partial charge in [-0.2, -0.15) is 9.40 Å². The summed E-state index contributed by atoms with van der Waals surface area (Å²) in [5, 5.41) is 8.90. The van der Waals surface area contributed by atoms with Gasteiger partial charge < -0.3 is 4.74 Å². The molecule has 6 nitrogen and oxygen atoms in total. The SMILES string of the molecule is O=S(=O)(/C=C/c1ccccc1)N1CCCC(Oc2cccnn2)C1. The van der Waals surface area contributed by atoms with E-state index >= 15 is 0 Å². The van der Waals surface area contributed by atoms with Gasteiger partial charge in [0.2, 0.25) is 15.9 Å². The second-order valence-electron chi connectivity index (χ2n) is 5.56. The van der Waals surface area contributed by atoms with Crippen molar-refractivity contribution in [2.75, 3.05) is 13.1 Å². The van der Waals surface area contributed by atoms with Crippen molar-refractivity contribution in [2.45, 2.75) is 18.9 Å². The minimum atomic E-state index is -3.47. The number of rotatable bonds is 5. The molecule has 126 valence electrons. The van der Waals surface area contributed by atoms with Crippen LogP contribution in [-0.2, 0) is 10.0 Å². The largest absolute Gasteiger partial charge is 0.472 e. The fraction of sp³-hybridized carbons (Fsp3) is 0.294. The highest BCUT2D eigenvalue weighted by molar-refractivity contribution is 7.92. The van der Waals surface area contributed by atoms with E-state index in [1.54, 1.807) is 24.4 Å². The van der Waals surface area contributed by atoms with Crippen LogP contribution in [-0.4, -0.2) is 42.1 Å². The Balaban J connectivity index is 1.66. The zero-order chi connectivity index (χ0) is 16.8. The van der Waals surface area contributed by atoms with E-state index in [-0.39, 0.29) is 6.10 Å². The lowest BCUT2D eigenvalue weighted by atomic mass is 10.1. The monoisotopic (exact) mass is 345 g/mol. The highest BCUT2D eigenvalue weighted by atomic mass is 32.2. The Morgan fingerprint density at radius 2 is 2.00 bits per heavy atom. The molecular formula is C17H19N3O3S. The molecule has 0 aliphatic carbocycles. The van der Waals surface area contributed by atoms with Gasteiger partial charge in [-0.25, -0.2) is 8.42 Å². The van der Waals surface area contributed by atoms with E-state index in [9.17, 15) is 8.42 Å². The maximum atomic E-state index is 12.5. The van der Waals surface area contributed by atoms with Crippen molar-refractivity contribution in [2.24, 2.45) is 0 Å². The van der Waals surface area contributed by atoms with Crippen molar-refractivity contribution in [3.05, 3.63) is 59.6 Å². The van der Waals surface area contributed by atoms with Crippen molar-refractivity contribution < 1.29 is 13.2 Å². The molecule has 7 heteroatoms. The number of hydrogen-bond donors (Lipinski definition) is 0. The smallest absolute Gasteiger partial charge is 0.236 e. The topological polar surface area (TPSA) is 72.4 Å². The van der Waals surface area contributed by atoms with Gasteiger partial charge in [-0.15, -0.1) is 5.10 Å². The third-order valence-corrected chi connectivity index (χ3v) is 5.30. The number of sulfonamides is 1. The predicted octanol–water partition coefficient (Wildman–Crippen LogP) is 2.32. The molecule has 1 aromatic carbocycles. The Labute approximate surface area is 141 Å². The van der Waals surface area contributed by atoms with Crippen LogP contribution in [0.4, 0.5) is 0 Å². The van der Waals surface area contributed by atoms with Crippen molar-refractivity contribution in [1.29, 1.82) is 0 Å². The predicted molar refractivity (Wildman–Crippen MR) is 91.7 cm³/mol. The van der Waals surface area contributed by atoms with Crippen molar-refractivity contribution >= 4 is 16.1 Å². The van der Waals surface area contributed by atoms with Crippen LogP contribution in [0.5, 0.6) is 5.88 Å². The van der Waals surface area contributed by atoms with Crippen LogP contribution in [0.2, 0.25) is 0 Å². The molecule has 2 aromatic rings. The average molecular weight is 345 g/mol. The molecule has 0 amide bonds. The summed E-state index contributed by atoms with van der Waals surface area (Å²) in [5.41, 5.74) is 0.852. The second-order valence-corrected chi connectivity index (χ2v) is 7.38. The number of benzene rings is 1. The number of ether oxygens (including phenoxy) is 1. The van der Waals surface area contributed by atoms with Crippen LogP contribution in [0, 0.1) is 0 Å². The summed E-state index contributed by atoms with van der Waals surface area (Å²) in [5.74, 6) is 0.418. The average Bonchev–Trinajstić information content (AvgIpc) is 2.62. The molecular weight excluding hydrogens is 326 g/mol. The van der Waals surface area contributed by atoms with Crippen LogP contribution in [0.1, 0.15) is 18.4 Å². The van der Waals surface area contributed by atoms with Crippen LogP contribution < -0.4 is 4.74 Å². The Morgan fingerprint density at radius 1 is 1.17 bits per heavy atom. The van der Waals surface area contributed by atoms with E-state index in [1.807, 2.05) is 30.3 Å². The molecule has 1 aliphatic rings. The molecule has 1 atom stereocenters. The van der Waals surface area contributed by atoms with Gasteiger partial charge in [0.25, 0.3) is 0 Å². The first-order valence-electron chi connectivity index (χ1n) is 7.81. The lowest BCUT2D eigenvalue weighted by Crippen LogP contribution is -2.43. The highest BCUT2D eigenvalue weighted by Crippen LogP contribution is 2.19. The Bertz CT molecular complexity index is 779. The van der Waals surface area contributed by atoms with Crippen molar-refractivity contribution in [3.8, 4) is 5.88 Å². The fourth-order valence-corrected chi connectivity index (χ4v) is 3.83. The standard InChI is InChI=1S/C17H19N3O3S/c21-24(22,13-10-15-6-2-1-3-7-15)20-12-5-8-16(14-20)23-17-9-4-11-18-19-17/h1-4,6-7,9-11,13,16H,5,8,12,14H2/b13-10+. The first-order chi connectivity index (χ1) is 11.6. The van der Waals surface area contributed by atoms with E-state index in [2.05, 4.69) is 10.2 Å². The molecule has 1 aromatic heterocycles. The quantitative estimate of drug-likeness (QED) is 0.831. The van der Waals surface area contributed by atoms with Gasteiger partial charge in [0.15, 0.2) is 0 Å². The number of aromatic nitrogens is 2. The molecule has 3 rings (SSSR count). The lowest BCUT2D eigenvalue weighted by molar-refractivity contribution is 0.124. The second kappa shape index (κ2) is 7.55. The summed E-state index contributed by atoms with van der Waals surface area (Å²) in [6.45, 7) is 0.819.